The second kappa shape index (κ2) is 5.69. The summed E-state index contributed by atoms with van der Waals surface area (Å²) in [4.78, 5) is 15.1. The van der Waals surface area contributed by atoms with Crippen molar-refractivity contribution in [1.82, 2.24) is 4.90 Å². The number of methoxy groups -OCH3 is 1. The topological polar surface area (TPSA) is 62.6 Å². The fraction of sp³-hybridized carbons (Fsp3) is 0.500. The van der Waals surface area contributed by atoms with E-state index in [0.29, 0.717) is 38.5 Å². The van der Waals surface area contributed by atoms with Crippen LogP contribution in [0.3, 0.4) is 0 Å². The van der Waals surface area contributed by atoms with E-state index in [1.165, 1.54) is 0 Å². The van der Waals surface area contributed by atoms with Gasteiger partial charge in [-0.2, -0.15) is 5.26 Å². The molecule has 1 fully saturated rings. The van der Waals surface area contributed by atoms with E-state index >= 15 is 0 Å². The molecular formula is C20H22N2O3. The highest BCUT2D eigenvalue weighted by Crippen LogP contribution is 2.59. The number of ether oxygens (including phenoxy) is 2. The van der Waals surface area contributed by atoms with Crippen molar-refractivity contribution < 1.29 is 14.3 Å². The number of Topliss-reactive ketones (excluding diaryl/α,β-unsaturated/α-hetero) is 1. The molecule has 1 saturated heterocycles. The lowest BCUT2D eigenvalue weighted by Crippen LogP contribution is -2.64. The van der Waals surface area contributed by atoms with E-state index in [4.69, 9.17) is 9.47 Å². The summed E-state index contributed by atoms with van der Waals surface area (Å²) in [7, 11) is 1.61. The Balaban J connectivity index is 1.97. The van der Waals surface area contributed by atoms with Crippen LogP contribution in [0.15, 0.2) is 36.1 Å². The standard InChI is InChI=1S/C20H22N2O3/c1-14(23)20-12-19(13-21,22-7-9-25-10-8-22)17(11-18(20)24-2)15-5-3-4-6-16(15)20/h3-6,11,17H,7-10,12H2,1-2H3/t17-,19+,20+/m1/s1. The number of ketones is 1. The van der Waals surface area contributed by atoms with Crippen molar-refractivity contribution in [1.29, 1.82) is 5.26 Å². The Bertz CT molecular complexity index is 790. The molecule has 1 aromatic rings. The number of hydrogen-bond donors (Lipinski definition) is 0. The van der Waals surface area contributed by atoms with Crippen molar-refractivity contribution in [3.05, 3.63) is 47.2 Å². The molecule has 5 rings (SSSR count). The maximum absolute atomic E-state index is 12.9. The molecule has 1 heterocycles. The van der Waals surface area contributed by atoms with Crippen LogP contribution < -0.4 is 0 Å². The molecular weight excluding hydrogens is 316 g/mol. The maximum Gasteiger partial charge on any atom is 0.148 e. The molecule has 1 aromatic carbocycles. The Labute approximate surface area is 147 Å². The lowest BCUT2D eigenvalue weighted by atomic mass is 9.52. The van der Waals surface area contributed by atoms with Gasteiger partial charge in [0.15, 0.2) is 0 Å². The third kappa shape index (κ3) is 1.98. The Morgan fingerprint density at radius 1 is 1.36 bits per heavy atom. The van der Waals surface area contributed by atoms with Gasteiger partial charge in [0.2, 0.25) is 0 Å². The Morgan fingerprint density at radius 2 is 2.08 bits per heavy atom. The van der Waals surface area contributed by atoms with Crippen LogP contribution in [-0.2, 0) is 19.7 Å². The summed E-state index contributed by atoms with van der Waals surface area (Å²) in [6.07, 6.45) is 2.44. The van der Waals surface area contributed by atoms with Gasteiger partial charge in [-0.25, -0.2) is 0 Å². The van der Waals surface area contributed by atoms with Gasteiger partial charge in [-0.3, -0.25) is 9.69 Å². The first kappa shape index (κ1) is 16.3. The molecule has 3 atom stereocenters. The first-order valence-electron chi connectivity index (χ1n) is 8.71. The fourth-order valence-electron chi connectivity index (χ4n) is 4.95. The number of nitriles is 1. The predicted molar refractivity (Wildman–Crippen MR) is 92.0 cm³/mol. The van der Waals surface area contributed by atoms with Crippen molar-refractivity contribution in [2.75, 3.05) is 33.4 Å². The van der Waals surface area contributed by atoms with Crippen molar-refractivity contribution in [2.45, 2.75) is 30.2 Å². The number of benzene rings is 1. The summed E-state index contributed by atoms with van der Waals surface area (Å²) in [6, 6.07) is 10.6. The van der Waals surface area contributed by atoms with Crippen LogP contribution in [-0.4, -0.2) is 49.6 Å². The van der Waals surface area contributed by atoms with Crippen LogP contribution >= 0.6 is 0 Å². The van der Waals surface area contributed by atoms with Gasteiger partial charge in [-0.05, 0) is 24.1 Å². The number of hydrogen-bond acceptors (Lipinski definition) is 5. The van der Waals surface area contributed by atoms with Crippen molar-refractivity contribution in [2.24, 2.45) is 0 Å². The Morgan fingerprint density at radius 3 is 2.72 bits per heavy atom. The van der Waals surface area contributed by atoms with E-state index in [-0.39, 0.29) is 11.7 Å². The summed E-state index contributed by atoms with van der Waals surface area (Å²) in [5, 5.41) is 10.3. The molecule has 1 aliphatic heterocycles. The summed E-state index contributed by atoms with van der Waals surface area (Å²) in [6.45, 7) is 4.25. The van der Waals surface area contributed by atoms with Crippen LogP contribution in [0.25, 0.3) is 0 Å². The quantitative estimate of drug-likeness (QED) is 0.845. The minimum absolute atomic E-state index is 0.0269. The van der Waals surface area contributed by atoms with Crippen LogP contribution in [0.4, 0.5) is 0 Å². The molecule has 3 aliphatic carbocycles. The number of nitrogens with zero attached hydrogens (tertiary/aromatic N) is 2. The van der Waals surface area contributed by atoms with E-state index < -0.39 is 11.0 Å². The lowest BCUT2D eigenvalue weighted by Gasteiger charge is -2.56. The number of carbonyl (C=O) groups is 1. The van der Waals surface area contributed by atoms with Crippen molar-refractivity contribution in [3.8, 4) is 6.07 Å². The lowest BCUT2D eigenvalue weighted by molar-refractivity contribution is -0.125. The van der Waals surface area contributed by atoms with E-state index in [1.807, 2.05) is 30.3 Å². The first-order chi connectivity index (χ1) is 12.1. The molecule has 5 heteroatoms. The smallest absolute Gasteiger partial charge is 0.148 e. The molecule has 25 heavy (non-hydrogen) atoms. The van der Waals surface area contributed by atoms with Crippen molar-refractivity contribution >= 4 is 5.78 Å². The second-order valence-electron chi connectivity index (χ2n) is 7.07. The normalized spacial score (nSPS) is 34.0. The first-order valence-corrected chi connectivity index (χ1v) is 8.71. The molecule has 0 N–H and O–H groups in total. The van der Waals surface area contributed by atoms with Gasteiger partial charge in [0, 0.05) is 25.4 Å². The largest absolute Gasteiger partial charge is 0.500 e. The van der Waals surface area contributed by atoms with Gasteiger partial charge in [0.05, 0.1) is 26.4 Å². The average molecular weight is 338 g/mol. The van der Waals surface area contributed by atoms with Crippen LogP contribution in [0.2, 0.25) is 0 Å². The van der Waals surface area contributed by atoms with Gasteiger partial charge in [0.1, 0.15) is 22.5 Å². The van der Waals surface area contributed by atoms with E-state index in [9.17, 15) is 10.1 Å². The molecule has 130 valence electrons. The third-order valence-electron chi connectivity index (χ3n) is 6.13. The maximum atomic E-state index is 12.9. The average Bonchev–Trinajstić information content (AvgIpc) is 2.68. The van der Waals surface area contributed by atoms with Gasteiger partial charge in [-0.1, -0.05) is 24.3 Å². The zero-order chi connectivity index (χ0) is 17.7. The van der Waals surface area contributed by atoms with Crippen molar-refractivity contribution in [3.63, 3.8) is 0 Å². The summed E-state index contributed by atoms with van der Waals surface area (Å²) >= 11 is 0. The van der Waals surface area contributed by atoms with Crippen LogP contribution in [0, 0.1) is 11.3 Å². The highest BCUT2D eigenvalue weighted by Gasteiger charge is 2.63. The molecule has 0 unspecified atom stereocenters. The minimum atomic E-state index is -0.881. The molecule has 0 saturated carbocycles. The SMILES string of the molecule is COC1=C[C@@H]2c3ccccc3[C@@]1(C(C)=O)C[C@@]2(C#N)N1CCOCC1. The van der Waals surface area contributed by atoms with Crippen LogP contribution in [0.1, 0.15) is 30.4 Å². The minimum Gasteiger partial charge on any atom is -0.500 e. The van der Waals surface area contributed by atoms with Gasteiger partial charge in [-0.15, -0.1) is 0 Å². The van der Waals surface area contributed by atoms with E-state index in [0.717, 1.165) is 11.1 Å². The number of morpholine rings is 1. The zero-order valence-corrected chi connectivity index (χ0v) is 14.6. The fourth-order valence-corrected chi connectivity index (χ4v) is 4.95. The van der Waals surface area contributed by atoms with Crippen LogP contribution in [0.5, 0.6) is 0 Å². The van der Waals surface area contributed by atoms with Gasteiger partial charge >= 0.3 is 0 Å². The number of allylic oxidation sites excluding steroid dienone is 1. The van der Waals surface area contributed by atoms with E-state index in [2.05, 4.69) is 11.0 Å². The monoisotopic (exact) mass is 338 g/mol. The van der Waals surface area contributed by atoms with E-state index in [1.54, 1.807) is 14.0 Å². The summed E-state index contributed by atoms with van der Waals surface area (Å²) < 4.78 is 11.1. The highest BCUT2D eigenvalue weighted by atomic mass is 16.5. The van der Waals surface area contributed by atoms with Gasteiger partial charge < -0.3 is 9.47 Å². The Hall–Kier alpha value is -2.16. The molecule has 4 aliphatic rings. The summed E-state index contributed by atoms with van der Waals surface area (Å²) in [5.74, 6) is 0.602. The van der Waals surface area contributed by atoms with Gasteiger partial charge in [0.25, 0.3) is 0 Å². The molecule has 0 amide bonds. The third-order valence-corrected chi connectivity index (χ3v) is 6.13. The molecule has 2 bridgehead atoms. The Kier molecular flexibility index (Phi) is 3.71. The molecule has 0 spiro atoms. The molecule has 0 aromatic heterocycles. The molecule has 5 nitrogen and oxygen atoms in total. The number of rotatable bonds is 3. The number of fused-ring (bicyclic) bond motifs is 1. The zero-order valence-electron chi connectivity index (χ0n) is 14.6. The predicted octanol–water partition coefficient (Wildman–Crippen LogP) is 2.14. The highest BCUT2D eigenvalue weighted by molar-refractivity contribution is 5.94. The second-order valence-corrected chi connectivity index (χ2v) is 7.07. The molecule has 0 radical (unpaired) electrons. The number of carbonyl (C=O) groups excluding carboxylic acids is 1. The summed E-state index contributed by atoms with van der Waals surface area (Å²) in [5.41, 5.74) is 0.434.